The minimum Gasteiger partial charge on any atom is -0.481 e. The molecule has 26 heavy (non-hydrogen) atoms. The summed E-state index contributed by atoms with van der Waals surface area (Å²) in [4.78, 5) is 40.9. The highest BCUT2D eigenvalue weighted by Crippen LogP contribution is 2.30. The summed E-state index contributed by atoms with van der Waals surface area (Å²) in [6.45, 7) is 1.89. The van der Waals surface area contributed by atoms with Crippen LogP contribution in [0.5, 0.6) is 0 Å². The molecule has 1 heterocycles. The molecule has 0 spiro atoms. The molecule has 8 nitrogen and oxygen atoms in total. The van der Waals surface area contributed by atoms with E-state index in [0.717, 1.165) is 0 Å². The van der Waals surface area contributed by atoms with Crippen LogP contribution in [-0.4, -0.2) is 57.8 Å². The van der Waals surface area contributed by atoms with E-state index >= 15 is 0 Å². The highest BCUT2D eigenvalue weighted by molar-refractivity contribution is 8.15. The van der Waals surface area contributed by atoms with Crippen molar-refractivity contribution in [2.45, 2.75) is 24.6 Å². The molecular weight excluding hydrogens is 356 g/mol. The second-order valence-corrected chi connectivity index (χ2v) is 6.82. The largest absolute Gasteiger partial charge is 0.481 e. The zero-order valence-electron chi connectivity index (χ0n) is 14.3. The summed E-state index contributed by atoms with van der Waals surface area (Å²) < 4.78 is 0. The molecule has 2 amide bonds. The zero-order valence-corrected chi connectivity index (χ0v) is 15.1. The molecule has 1 aromatic carbocycles. The lowest BCUT2D eigenvalue weighted by Crippen LogP contribution is -2.41. The number of amides is 2. The molecule has 0 aliphatic carbocycles. The fraction of sp³-hybridized carbons (Fsp3) is 0.353. The number of benzene rings is 1. The summed E-state index contributed by atoms with van der Waals surface area (Å²) in [7, 11) is 1.74. The fourth-order valence-electron chi connectivity index (χ4n) is 2.28. The van der Waals surface area contributed by atoms with Crippen LogP contribution < -0.4 is 5.32 Å². The van der Waals surface area contributed by atoms with Crippen molar-refractivity contribution in [3.63, 3.8) is 0 Å². The number of hydrogen-bond donors (Lipinski definition) is 2. The Morgan fingerprint density at radius 3 is 2.58 bits per heavy atom. The van der Waals surface area contributed by atoms with Gasteiger partial charge in [-0.15, -0.1) is 0 Å². The third kappa shape index (κ3) is 4.61. The van der Waals surface area contributed by atoms with E-state index in [1.54, 1.807) is 24.1 Å². The maximum atomic E-state index is 12.3. The Bertz CT molecular complexity index is 785. The number of carbonyl (C=O) groups is 3. The number of rotatable bonds is 5. The number of nitrogens with one attached hydrogen (secondary N) is 1. The molecule has 1 aliphatic rings. The van der Waals surface area contributed by atoms with Gasteiger partial charge in [-0.1, -0.05) is 11.8 Å². The number of nitrogens with zero attached hydrogens (tertiary/aromatic N) is 3. The quantitative estimate of drug-likeness (QED) is 0.790. The monoisotopic (exact) mass is 374 g/mol. The predicted octanol–water partition coefficient (Wildman–Crippen LogP) is 1.08. The first kappa shape index (κ1) is 19.5. The van der Waals surface area contributed by atoms with Crippen LogP contribution in [0.2, 0.25) is 0 Å². The molecule has 0 bridgehead atoms. The zero-order chi connectivity index (χ0) is 19.3. The van der Waals surface area contributed by atoms with Gasteiger partial charge in [-0.3, -0.25) is 14.4 Å². The normalized spacial score (nSPS) is 20.7. The SMILES string of the molecule is CC1C(C(=O)NCCC(=O)O)SC(=NC(=O)c2ccc(C#N)cc2)N1C. The molecule has 1 aromatic rings. The molecule has 9 heteroatoms. The van der Waals surface area contributed by atoms with Gasteiger partial charge >= 0.3 is 5.97 Å². The average molecular weight is 374 g/mol. The number of amidine groups is 1. The lowest BCUT2D eigenvalue weighted by molar-refractivity contribution is -0.136. The van der Waals surface area contributed by atoms with Crippen molar-refractivity contribution >= 4 is 34.7 Å². The molecule has 2 unspecified atom stereocenters. The molecule has 2 N–H and O–H groups in total. The van der Waals surface area contributed by atoms with Crippen molar-refractivity contribution in [3.05, 3.63) is 35.4 Å². The Morgan fingerprint density at radius 2 is 2.00 bits per heavy atom. The number of thioether (sulfide) groups is 1. The first-order chi connectivity index (χ1) is 12.3. The molecule has 0 saturated carbocycles. The first-order valence-electron chi connectivity index (χ1n) is 7.85. The second-order valence-electron chi connectivity index (χ2n) is 5.71. The van der Waals surface area contributed by atoms with Crippen molar-refractivity contribution in [3.8, 4) is 6.07 Å². The minimum atomic E-state index is -0.982. The van der Waals surface area contributed by atoms with Gasteiger partial charge in [0.2, 0.25) is 5.91 Å². The Morgan fingerprint density at radius 1 is 1.35 bits per heavy atom. The second kappa shape index (κ2) is 8.49. The minimum absolute atomic E-state index is 0.0539. The lowest BCUT2D eigenvalue weighted by atomic mass is 10.1. The molecule has 1 aliphatic heterocycles. The fourth-order valence-corrected chi connectivity index (χ4v) is 3.55. The average Bonchev–Trinajstić information content (AvgIpc) is 2.90. The van der Waals surface area contributed by atoms with Crippen LogP contribution in [0.1, 0.15) is 29.3 Å². The van der Waals surface area contributed by atoms with Crippen molar-refractivity contribution < 1.29 is 19.5 Å². The summed E-state index contributed by atoms with van der Waals surface area (Å²) >= 11 is 1.17. The summed E-state index contributed by atoms with van der Waals surface area (Å²) in [6.07, 6.45) is -0.147. The number of hydrogen-bond acceptors (Lipinski definition) is 5. The molecule has 2 atom stereocenters. The molecule has 2 rings (SSSR count). The molecule has 0 aromatic heterocycles. The van der Waals surface area contributed by atoms with Crippen LogP contribution in [0.3, 0.4) is 0 Å². The molecule has 1 saturated heterocycles. The maximum absolute atomic E-state index is 12.3. The number of carboxylic acid groups (broad SMARTS) is 1. The van der Waals surface area contributed by atoms with Crippen LogP contribution in [0.4, 0.5) is 0 Å². The maximum Gasteiger partial charge on any atom is 0.305 e. The molecule has 136 valence electrons. The van der Waals surface area contributed by atoms with Crippen LogP contribution in [0.15, 0.2) is 29.3 Å². The van der Waals surface area contributed by atoms with Gasteiger partial charge in [0.1, 0.15) is 5.25 Å². The van der Waals surface area contributed by atoms with Gasteiger partial charge in [0.05, 0.1) is 18.1 Å². The third-order valence-corrected chi connectivity index (χ3v) is 5.39. The van der Waals surface area contributed by atoms with Crippen molar-refractivity contribution in [2.75, 3.05) is 13.6 Å². The van der Waals surface area contributed by atoms with E-state index in [-0.39, 0.29) is 24.9 Å². The number of nitriles is 1. The molecular formula is C17H18N4O4S. The first-order valence-corrected chi connectivity index (χ1v) is 8.73. The van der Waals surface area contributed by atoms with Gasteiger partial charge in [0, 0.05) is 25.2 Å². The van der Waals surface area contributed by atoms with E-state index in [1.165, 1.54) is 23.9 Å². The highest BCUT2D eigenvalue weighted by atomic mass is 32.2. The summed E-state index contributed by atoms with van der Waals surface area (Å²) in [5.74, 6) is -1.72. The third-order valence-electron chi connectivity index (χ3n) is 3.94. The summed E-state index contributed by atoms with van der Waals surface area (Å²) in [5, 5.41) is 19.9. The van der Waals surface area contributed by atoms with Crippen molar-refractivity contribution in [1.29, 1.82) is 5.26 Å². The Balaban J connectivity index is 2.06. The Hall–Kier alpha value is -2.86. The predicted molar refractivity (Wildman–Crippen MR) is 96.8 cm³/mol. The van der Waals surface area contributed by atoms with E-state index in [4.69, 9.17) is 10.4 Å². The highest BCUT2D eigenvalue weighted by Gasteiger charge is 2.39. The van der Waals surface area contributed by atoms with Gasteiger partial charge in [0.25, 0.3) is 5.91 Å². The van der Waals surface area contributed by atoms with E-state index in [1.807, 2.05) is 13.0 Å². The number of aliphatic imine (C=N–C) groups is 1. The van der Waals surface area contributed by atoms with Crippen LogP contribution >= 0.6 is 11.8 Å². The lowest BCUT2D eigenvalue weighted by Gasteiger charge is -2.19. The molecule has 0 radical (unpaired) electrons. The van der Waals surface area contributed by atoms with Crippen molar-refractivity contribution in [1.82, 2.24) is 10.2 Å². The van der Waals surface area contributed by atoms with E-state index < -0.39 is 17.1 Å². The van der Waals surface area contributed by atoms with E-state index in [9.17, 15) is 14.4 Å². The summed E-state index contributed by atoms with van der Waals surface area (Å²) in [6, 6.07) is 7.93. The van der Waals surface area contributed by atoms with E-state index in [0.29, 0.717) is 16.3 Å². The number of aliphatic carboxylic acids is 1. The number of carboxylic acids is 1. The van der Waals surface area contributed by atoms with Gasteiger partial charge in [-0.2, -0.15) is 10.3 Å². The Kier molecular flexibility index (Phi) is 6.36. The standard InChI is InChI=1S/C17H18N4O4S/c1-10-14(16(25)19-8-7-13(22)23)26-17(21(10)2)20-15(24)12-5-3-11(9-18)4-6-12/h3-6,10,14H,7-8H2,1-2H3,(H,19,25)(H,22,23). The van der Waals surface area contributed by atoms with Crippen LogP contribution in [0, 0.1) is 11.3 Å². The summed E-state index contributed by atoms with van der Waals surface area (Å²) in [5.41, 5.74) is 0.806. The Labute approximate surface area is 154 Å². The van der Waals surface area contributed by atoms with Crippen molar-refractivity contribution in [2.24, 2.45) is 4.99 Å². The topological polar surface area (TPSA) is 123 Å². The number of carbonyl (C=O) groups excluding carboxylic acids is 2. The van der Waals surface area contributed by atoms with Gasteiger partial charge in [-0.05, 0) is 31.2 Å². The van der Waals surface area contributed by atoms with Gasteiger partial charge in [0.15, 0.2) is 5.17 Å². The smallest absolute Gasteiger partial charge is 0.305 e. The van der Waals surface area contributed by atoms with Gasteiger partial charge < -0.3 is 15.3 Å². The van der Waals surface area contributed by atoms with Crippen LogP contribution in [0.25, 0.3) is 0 Å². The van der Waals surface area contributed by atoms with Gasteiger partial charge in [-0.25, -0.2) is 0 Å². The van der Waals surface area contributed by atoms with Crippen LogP contribution in [-0.2, 0) is 9.59 Å². The van der Waals surface area contributed by atoms with E-state index in [2.05, 4.69) is 10.3 Å². The molecule has 1 fully saturated rings.